The van der Waals surface area contributed by atoms with Crippen LogP contribution in [0.3, 0.4) is 0 Å². The molecule has 0 saturated carbocycles. The lowest BCUT2D eigenvalue weighted by Crippen LogP contribution is -2.19. The lowest BCUT2D eigenvalue weighted by molar-refractivity contribution is 0.562. The van der Waals surface area contributed by atoms with Crippen molar-refractivity contribution in [2.75, 3.05) is 6.54 Å². The summed E-state index contributed by atoms with van der Waals surface area (Å²) in [5.41, 5.74) is 2.22. The van der Waals surface area contributed by atoms with Crippen LogP contribution in [0.4, 0.5) is 0 Å². The topological polar surface area (TPSA) is 66.5 Å². The van der Waals surface area contributed by atoms with E-state index in [0.29, 0.717) is 6.42 Å². The van der Waals surface area contributed by atoms with Crippen LogP contribution in [0, 0.1) is 11.3 Å². The second-order valence-corrected chi connectivity index (χ2v) is 4.38. The lowest BCUT2D eigenvalue weighted by Gasteiger charge is -2.14. The van der Waals surface area contributed by atoms with Gasteiger partial charge in [0.05, 0.1) is 24.2 Å². The van der Waals surface area contributed by atoms with Crippen molar-refractivity contribution in [3.63, 3.8) is 0 Å². The van der Waals surface area contributed by atoms with Crippen LogP contribution in [-0.2, 0) is 0 Å². The molecule has 0 fully saturated rings. The highest BCUT2D eigenvalue weighted by Gasteiger charge is 2.04. The number of hydrogen-bond donors (Lipinski definition) is 1. The summed E-state index contributed by atoms with van der Waals surface area (Å²) in [6.07, 6.45) is 4.97. The second kappa shape index (κ2) is 6.66. The van der Waals surface area contributed by atoms with Crippen molar-refractivity contribution >= 4 is 0 Å². The number of unbranched alkanes of at least 4 members (excludes halogenated alkanes) is 1. The standard InChI is InChI=1S/C14H17N5/c1-12(16-9-3-2-8-15)13-4-6-14(7-5-13)19-11-10-17-18-19/h4-7,10-12,16H,2-3,9H2,1H3. The van der Waals surface area contributed by atoms with Gasteiger partial charge in [-0.1, -0.05) is 17.3 Å². The summed E-state index contributed by atoms with van der Waals surface area (Å²) in [6.45, 7) is 2.98. The number of aromatic nitrogens is 3. The Balaban J connectivity index is 1.93. The van der Waals surface area contributed by atoms with Crippen LogP contribution in [0.5, 0.6) is 0 Å². The Morgan fingerprint density at radius 2 is 2.16 bits per heavy atom. The monoisotopic (exact) mass is 255 g/mol. The van der Waals surface area contributed by atoms with E-state index >= 15 is 0 Å². The van der Waals surface area contributed by atoms with Gasteiger partial charge in [0.25, 0.3) is 0 Å². The van der Waals surface area contributed by atoms with Crippen molar-refractivity contribution in [3.05, 3.63) is 42.2 Å². The molecule has 1 aromatic carbocycles. The molecule has 19 heavy (non-hydrogen) atoms. The summed E-state index contributed by atoms with van der Waals surface area (Å²) in [5.74, 6) is 0. The molecule has 0 radical (unpaired) electrons. The molecule has 0 saturated heterocycles. The van der Waals surface area contributed by atoms with Crippen molar-refractivity contribution in [2.24, 2.45) is 0 Å². The molecule has 1 N–H and O–H groups in total. The first-order chi connectivity index (χ1) is 9.31. The number of hydrogen-bond acceptors (Lipinski definition) is 4. The van der Waals surface area contributed by atoms with Gasteiger partial charge in [0, 0.05) is 12.5 Å². The van der Waals surface area contributed by atoms with Crippen molar-refractivity contribution in [1.82, 2.24) is 20.3 Å². The van der Waals surface area contributed by atoms with Gasteiger partial charge >= 0.3 is 0 Å². The largest absolute Gasteiger partial charge is 0.310 e. The predicted molar refractivity (Wildman–Crippen MR) is 72.6 cm³/mol. The van der Waals surface area contributed by atoms with Crippen molar-refractivity contribution in [3.8, 4) is 11.8 Å². The highest BCUT2D eigenvalue weighted by atomic mass is 15.4. The Kier molecular flexibility index (Phi) is 4.65. The fourth-order valence-electron chi connectivity index (χ4n) is 1.87. The zero-order valence-corrected chi connectivity index (χ0v) is 11.0. The van der Waals surface area contributed by atoms with E-state index in [2.05, 4.69) is 40.8 Å². The normalized spacial score (nSPS) is 12.0. The summed E-state index contributed by atoms with van der Waals surface area (Å²) in [7, 11) is 0. The zero-order chi connectivity index (χ0) is 13.5. The Morgan fingerprint density at radius 1 is 1.37 bits per heavy atom. The van der Waals surface area contributed by atoms with Crippen LogP contribution >= 0.6 is 0 Å². The molecule has 1 aromatic heterocycles. The zero-order valence-electron chi connectivity index (χ0n) is 11.0. The number of nitrogens with zero attached hydrogens (tertiary/aromatic N) is 4. The molecule has 5 heteroatoms. The van der Waals surface area contributed by atoms with Gasteiger partial charge in [0.2, 0.25) is 0 Å². The Bertz CT molecular complexity index is 524. The SMILES string of the molecule is CC(NCCCC#N)c1ccc(-n2ccnn2)cc1. The molecule has 5 nitrogen and oxygen atoms in total. The van der Waals surface area contributed by atoms with Crippen LogP contribution in [0.25, 0.3) is 5.69 Å². The van der Waals surface area contributed by atoms with E-state index < -0.39 is 0 Å². The summed E-state index contributed by atoms with van der Waals surface area (Å²) in [4.78, 5) is 0. The molecule has 0 amide bonds. The van der Waals surface area contributed by atoms with Gasteiger partial charge in [0.1, 0.15) is 0 Å². The second-order valence-electron chi connectivity index (χ2n) is 4.38. The maximum atomic E-state index is 8.48. The first kappa shape index (κ1) is 13.2. The van der Waals surface area contributed by atoms with E-state index in [1.54, 1.807) is 10.9 Å². The highest BCUT2D eigenvalue weighted by Crippen LogP contribution is 2.15. The minimum absolute atomic E-state index is 0.281. The molecule has 0 aliphatic heterocycles. The summed E-state index contributed by atoms with van der Waals surface area (Å²) in [6, 6.07) is 10.6. The molecule has 98 valence electrons. The third kappa shape index (κ3) is 3.63. The maximum Gasteiger partial charge on any atom is 0.0697 e. The number of nitriles is 1. The van der Waals surface area contributed by atoms with E-state index in [0.717, 1.165) is 18.7 Å². The molecule has 0 spiro atoms. The van der Waals surface area contributed by atoms with Crippen LogP contribution in [0.2, 0.25) is 0 Å². The average Bonchev–Trinajstić information content (AvgIpc) is 2.98. The first-order valence-electron chi connectivity index (χ1n) is 6.38. The quantitative estimate of drug-likeness (QED) is 0.804. The molecule has 2 aromatic rings. The minimum atomic E-state index is 0.281. The van der Waals surface area contributed by atoms with E-state index in [-0.39, 0.29) is 6.04 Å². The van der Waals surface area contributed by atoms with E-state index in [1.165, 1.54) is 5.56 Å². The van der Waals surface area contributed by atoms with E-state index in [9.17, 15) is 0 Å². The molecule has 2 rings (SSSR count). The van der Waals surface area contributed by atoms with E-state index in [4.69, 9.17) is 5.26 Å². The number of nitrogens with one attached hydrogen (secondary N) is 1. The molecular formula is C14H17N5. The van der Waals surface area contributed by atoms with Gasteiger partial charge < -0.3 is 5.32 Å². The van der Waals surface area contributed by atoms with Crippen molar-refractivity contribution < 1.29 is 0 Å². The van der Waals surface area contributed by atoms with Crippen LogP contribution < -0.4 is 5.32 Å². The van der Waals surface area contributed by atoms with Crippen LogP contribution in [0.15, 0.2) is 36.7 Å². The highest BCUT2D eigenvalue weighted by molar-refractivity contribution is 5.34. The molecule has 0 bridgehead atoms. The van der Waals surface area contributed by atoms with E-state index in [1.807, 2.05) is 18.3 Å². The van der Waals surface area contributed by atoms with Crippen molar-refractivity contribution in [1.29, 1.82) is 5.26 Å². The third-order valence-corrected chi connectivity index (χ3v) is 3.00. The summed E-state index contributed by atoms with van der Waals surface area (Å²) < 4.78 is 1.73. The Morgan fingerprint density at radius 3 is 2.79 bits per heavy atom. The molecule has 1 heterocycles. The van der Waals surface area contributed by atoms with Gasteiger partial charge in [0.15, 0.2) is 0 Å². The molecule has 0 aliphatic carbocycles. The molecule has 0 aliphatic rings. The number of benzene rings is 1. The van der Waals surface area contributed by atoms with Gasteiger partial charge in [-0.3, -0.25) is 0 Å². The van der Waals surface area contributed by atoms with Gasteiger partial charge in [-0.25, -0.2) is 4.68 Å². The van der Waals surface area contributed by atoms with Gasteiger partial charge in [-0.05, 0) is 37.6 Å². The van der Waals surface area contributed by atoms with Crippen molar-refractivity contribution in [2.45, 2.75) is 25.8 Å². The van der Waals surface area contributed by atoms with Crippen LogP contribution in [0.1, 0.15) is 31.4 Å². The smallest absolute Gasteiger partial charge is 0.0697 e. The molecule has 1 unspecified atom stereocenters. The van der Waals surface area contributed by atoms with Crippen LogP contribution in [-0.4, -0.2) is 21.5 Å². The summed E-state index contributed by atoms with van der Waals surface area (Å²) in [5, 5.41) is 19.6. The Labute approximate surface area is 112 Å². The molecular weight excluding hydrogens is 238 g/mol. The minimum Gasteiger partial charge on any atom is -0.310 e. The predicted octanol–water partition coefficient (Wildman–Crippen LogP) is 2.22. The Hall–Kier alpha value is -2.19. The fraction of sp³-hybridized carbons (Fsp3) is 0.357. The maximum absolute atomic E-state index is 8.48. The van der Waals surface area contributed by atoms with Gasteiger partial charge in [-0.2, -0.15) is 5.26 Å². The number of rotatable bonds is 6. The fourth-order valence-corrected chi connectivity index (χ4v) is 1.87. The molecule has 1 atom stereocenters. The lowest BCUT2D eigenvalue weighted by atomic mass is 10.1. The summed E-state index contributed by atoms with van der Waals surface area (Å²) >= 11 is 0. The average molecular weight is 255 g/mol. The third-order valence-electron chi connectivity index (χ3n) is 3.00. The first-order valence-corrected chi connectivity index (χ1v) is 6.38. The van der Waals surface area contributed by atoms with Gasteiger partial charge in [-0.15, -0.1) is 5.10 Å².